The summed E-state index contributed by atoms with van der Waals surface area (Å²) < 4.78 is 27.2. The van der Waals surface area contributed by atoms with Crippen LogP contribution in [0.1, 0.15) is 17.2 Å². The Labute approximate surface area is 119 Å². The number of rotatable bonds is 3. The highest BCUT2D eigenvalue weighted by Gasteiger charge is 2.18. The van der Waals surface area contributed by atoms with Crippen molar-refractivity contribution in [3.63, 3.8) is 0 Å². The Balaban J connectivity index is 2.31. The number of nitrogens with two attached hydrogens (primary N) is 1. The van der Waals surface area contributed by atoms with Crippen LogP contribution >= 0.6 is 23.2 Å². The zero-order chi connectivity index (χ0) is 14.0. The molecule has 0 amide bonds. The van der Waals surface area contributed by atoms with E-state index in [0.29, 0.717) is 15.6 Å². The number of halogens is 4. The van der Waals surface area contributed by atoms with Gasteiger partial charge in [0.2, 0.25) is 0 Å². The highest BCUT2D eigenvalue weighted by molar-refractivity contribution is 6.42. The largest absolute Gasteiger partial charge is 0.323 e. The van der Waals surface area contributed by atoms with Crippen LogP contribution in [0.15, 0.2) is 36.4 Å². The van der Waals surface area contributed by atoms with Gasteiger partial charge in [-0.3, -0.25) is 0 Å². The van der Waals surface area contributed by atoms with Crippen molar-refractivity contribution in [2.75, 3.05) is 0 Å². The fourth-order valence-electron chi connectivity index (χ4n) is 1.91. The molecule has 5 heteroatoms. The van der Waals surface area contributed by atoms with Gasteiger partial charge in [0.15, 0.2) is 0 Å². The Kier molecular flexibility index (Phi) is 4.40. The van der Waals surface area contributed by atoms with E-state index < -0.39 is 17.7 Å². The first kappa shape index (κ1) is 14.3. The molecule has 0 radical (unpaired) electrons. The topological polar surface area (TPSA) is 26.0 Å². The summed E-state index contributed by atoms with van der Waals surface area (Å²) in [6.45, 7) is 0. The first-order valence-corrected chi connectivity index (χ1v) is 6.38. The lowest BCUT2D eigenvalue weighted by Gasteiger charge is -2.15. The van der Waals surface area contributed by atoms with Crippen LogP contribution in [0.3, 0.4) is 0 Å². The zero-order valence-corrected chi connectivity index (χ0v) is 11.3. The van der Waals surface area contributed by atoms with Crippen LogP contribution in [0, 0.1) is 11.6 Å². The van der Waals surface area contributed by atoms with Gasteiger partial charge in [-0.1, -0.05) is 41.4 Å². The fourth-order valence-corrected chi connectivity index (χ4v) is 2.31. The van der Waals surface area contributed by atoms with E-state index >= 15 is 0 Å². The average Bonchev–Trinajstić information content (AvgIpc) is 2.35. The van der Waals surface area contributed by atoms with E-state index in [1.807, 2.05) is 0 Å². The predicted octanol–water partition coefficient (Wildman–Crippen LogP) is 4.51. The van der Waals surface area contributed by atoms with E-state index in [4.69, 9.17) is 28.9 Å². The van der Waals surface area contributed by atoms with E-state index in [9.17, 15) is 8.78 Å². The lowest BCUT2D eigenvalue weighted by atomic mass is 9.98. The number of benzene rings is 2. The van der Waals surface area contributed by atoms with Gasteiger partial charge in [-0.2, -0.15) is 0 Å². The smallest absolute Gasteiger partial charge is 0.130 e. The first-order valence-electron chi connectivity index (χ1n) is 5.63. The first-order chi connectivity index (χ1) is 9.00. The molecule has 2 aromatic rings. The molecule has 1 nitrogen and oxygen atoms in total. The van der Waals surface area contributed by atoms with Crippen molar-refractivity contribution in [1.82, 2.24) is 0 Å². The van der Waals surface area contributed by atoms with E-state index in [0.717, 1.165) is 0 Å². The third-order valence-corrected chi connectivity index (χ3v) is 3.70. The van der Waals surface area contributed by atoms with Gasteiger partial charge in [0.1, 0.15) is 11.6 Å². The van der Waals surface area contributed by atoms with Gasteiger partial charge in [-0.05, 0) is 30.2 Å². The summed E-state index contributed by atoms with van der Waals surface area (Å²) in [7, 11) is 0. The minimum absolute atomic E-state index is 0.140. The van der Waals surface area contributed by atoms with Crippen molar-refractivity contribution >= 4 is 23.2 Å². The predicted molar refractivity (Wildman–Crippen MR) is 73.5 cm³/mol. The van der Waals surface area contributed by atoms with Gasteiger partial charge in [-0.25, -0.2) is 8.78 Å². The molecule has 0 aliphatic heterocycles. The van der Waals surface area contributed by atoms with Gasteiger partial charge >= 0.3 is 0 Å². The summed E-state index contributed by atoms with van der Waals surface area (Å²) in [6, 6.07) is 7.92. The van der Waals surface area contributed by atoms with Gasteiger partial charge in [0.25, 0.3) is 0 Å². The van der Waals surface area contributed by atoms with Crippen LogP contribution < -0.4 is 5.73 Å². The van der Waals surface area contributed by atoms with E-state index in [1.54, 1.807) is 18.2 Å². The fraction of sp³-hybridized carbons (Fsp3) is 0.143. The molecule has 2 rings (SSSR count). The molecule has 100 valence electrons. The lowest BCUT2D eigenvalue weighted by molar-refractivity contribution is 0.524. The second kappa shape index (κ2) is 5.87. The number of hydrogen-bond donors (Lipinski definition) is 1. The summed E-state index contributed by atoms with van der Waals surface area (Å²) in [5, 5.41) is 0.747. The molecule has 0 fully saturated rings. The van der Waals surface area contributed by atoms with E-state index in [2.05, 4.69) is 0 Å². The molecule has 19 heavy (non-hydrogen) atoms. The summed E-state index contributed by atoms with van der Waals surface area (Å²) in [4.78, 5) is 0. The van der Waals surface area contributed by atoms with Gasteiger partial charge in [0, 0.05) is 11.6 Å². The highest BCUT2D eigenvalue weighted by Crippen LogP contribution is 2.29. The third kappa shape index (κ3) is 3.06. The third-order valence-electron chi connectivity index (χ3n) is 2.84. The molecule has 0 spiro atoms. The standard InChI is InChI=1S/C14H11Cl2F2N/c15-9-4-1-3-8(14(9)16)7-12(19)13-10(17)5-2-6-11(13)18/h1-6,12H,7,19H2. The Bertz CT molecular complexity index is 582. The molecule has 0 aliphatic carbocycles. The molecule has 0 saturated heterocycles. The highest BCUT2D eigenvalue weighted by atomic mass is 35.5. The molecule has 1 unspecified atom stereocenters. The Morgan fingerprint density at radius 1 is 1.00 bits per heavy atom. The minimum Gasteiger partial charge on any atom is -0.323 e. The van der Waals surface area contributed by atoms with Crippen molar-refractivity contribution in [2.24, 2.45) is 5.73 Å². The summed E-state index contributed by atoms with van der Waals surface area (Å²) in [6.07, 6.45) is 0.206. The minimum atomic E-state index is -0.822. The molecule has 2 aromatic carbocycles. The van der Waals surface area contributed by atoms with Crippen molar-refractivity contribution in [3.8, 4) is 0 Å². The van der Waals surface area contributed by atoms with Crippen molar-refractivity contribution in [2.45, 2.75) is 12.5 Å². The second-order valence-electron chi connectivity index (χ2n) is 4.16. The molecule has 0 saturated carbocycles. The molecule has 0 bridgehead atoms. The lowest BCUT2D eigenvalue weighted by Crippen LogP contribution is -2.17. The Morgan fingerprint density at radius 2 is 1.58 bits per heavy atom. The van der Waals surface area contributed by atoms with Gasteiger partial charge < -0.3 is 5.73 Å². The maximum absolute atomic E-state index is 13.6. The molecular formula is C14H11Cl2F2N. The quantitative estimate of drug-likeness (QED) is 0.886. The van der Waals surface area contributed by atoms with Gasteiger partial charge in [0.05, 0.1) is 10.0 Å². The second-order valence-corrected chi connectivity index (χ2v) is 4.94. The normalized spacial score (nSPS) is 12.5. The average molecular weight is 302 g/mol. The van der Waals surface area contributed by atoms with E-state index in [-0.39, 0.29) is 12.0 Å². The zero-order valence-electron chi connectivity index (χ0n) is 9.84. The Morgan fingerprint density at radius 3 is 2.21 bits per heavy atom. The monoisotopic (exact) mass is 301 g/mol. The van der Waals surface area contributed by atoms with E-state index in [1.165, 1.54) is 18.2 Å². The van der Waals surface area contributed by atoms with Crippen molar-refractivity contribution in [3.05, 3.63) is 69.2 Å². The summed E-state index contributed by atoms with van der Waals surface area (Å²) in [5.74, 6) is -1.32. The summed E-state index contributed by atoms with van der Waals surface area (Å²) in [5.41, 5.74) is 6.38. The van der Waals surface area contributed by atoms with Crippen molar-refractivity contribution < 1.29 is 8.78 Å². The van der Waals surface area contributed by atoms with Crippen LogP contribution in [0.2, 0.25) is 10.0 Å². The van der Waals surface area contributed by atoms with Crippen molar-refractivity contribution in [1.29, 1.82) is 0 Å². The Hall–Kier alpha value is -1.16. The van der Waals surface area contributed by atoms with Gasteiger partial charge in [-0.15, -0.1) is 0 Å². The maximum Gasteiger partial charge on any atom is 0.130 e. The summed E-state index contributed by atoms with van der Waals surface area (Å²) >= 11 is 11.9. The van der Waals surface area contributed by atoms with Crippen LogP contribution in [0.4, 0.5) is 8.78 Å². The molecule has 0 aliphatic rings. The molecule has 1 atom stereocenters. The molecule has 0 heterocycles. The van der Waals surface area contributed by atoms with Crippen LogP contribution in [0.25, 0.3) is 0 Å². The SMILES string of the molecule is NC(Cc1cccc(Cl)c1Cl)c1c(F)cccc1F. The number of hydrogen-bond acceptors (Lipinski definition) is 1. The molecule has 0 aromatic heterocycles. The van der Waals surface area contributed by atoms with Crippen LogP contribution in [0.5, 0.6) is 0 Å². The molecule has 2 N–H and O–H groups in total. The van der Waals surface area contributed by atoms with Crippen LogP contribution in [-0.4, -0.2) is 0 Å². The maximum atomic E-state index is 13.6. The molecular weight excluding hydrogens is 291 g/mol. The van der Waals surface area contributed by atoms with Crippen LogP contribution in [-0.2, 0) is 6.42 Å².